The minimum atomic E-state index is -2.55. The highest BCUT2D eigenvalue weighted by Crippen LogP contribution is 2.43. The molecule has 1 fully saturated rings. The predicted octanol–water partition coefficient (Wildman–Crippen LogP) is 7.95. The van der Waals surface area contributed by atoms with Crippen molar-refractivity contribution in [1.29, 1.82) is 0 Å². The lowest BCUT2D eigenvalue weighted by atomic mass is 9.81. The Morgan fingerprint density at radius 3 is 2.64 bits per heavy atom. The topological polar surface area (TPSA) is 79.9 Å². The number of aromatic nitrogens is 6. The van der Waals surface area contributed by atoms with E-state index in [2.05, 4.69) is 34.3 Å². The van der Waals surface area contributed by atoms with Gasteiger partial charge in [-0.2, -0.15) is 5.10 Å². The molecule has 5 aromatic rings. The van der Waals surface area contributed by atoms with E-state index in [4.69, 9.17) is 31.0 Å². The van der Waals surface area contributed by atoms with Gasteiger partial charge in [-0.3, -0.25) is 9.67 Å². The van der Waals surface area contributed by atoms with Crippen molar-refractivity contribution in [3.8, 4) is 22.8 Å². The minimum Gasteiger partial charge on any atom is -0.456 e. The van der Waals surface area contributed by atoms with E-state index in [0.29, 0.717) is 46.5 Å². The van der Waals surface area contributed by atoms with Gasteiger partial charge in [-0.1, -0.05) is 31.2 Å². The van der Waals surface area contributed by atoms with Crippen molar-refractivity contribution < 1.29 is 18.3 Å². The zero-order chi connectivity index (χ0) is 29.6. The van der Waals surface area contributed by atoms with Gasteiger partial charge >= 0.3 is 0 Å². The zero-order valence-electron chi connectivity index (χ0n) is 24.1. The summed E-state index contributed by atoms with van der Waals surface area (Å²) in [6, 6.07) is 10.4. The van der Waals surface area contributed by atoms with Crippen molar-refractivity contribution >= 4 is 41.7 Å². The fourth-order valence-corrected chi connectivity index (χ4v) is 6.13. The maximum Gasteiger partial charge on any atom is 0.248 e. The Hall–Kier alpha value is -3.41. The summed E-state index contributed by atoms with van der Waals surface area (Å²) in [6.45, 7) is 10.6. The predicted molar refractivity (Wildman–Crippen MR) is 162 cm³/mol. The summed E-state index contributed by atoms with van der Waals surface area (Å²) in [6.07, 6.45) is 4.92. The molecular formula is C30H33ClF2N6O2Si. The summed E-state index contributed by atoms with van der Waals surface area (Å²) in [5, 5.41) is 4.67. The molecule has 0 N–H and O–H groups in total. The molecule has 2 aromatic carbocycles. The quantitative estimate of drug-likeness (QED) is 0.118. The molecule has 6 rings (SSSR count). The summed E-state index contributed by atoms with van der Waals surface area (Å²) in [4.78, 5) is 14.0. The van der Waals surface area contributed by atoms with Crippen molar-refractivity contribution in [1.82, 2.24) is 29.3 Å². The van der Waals surface area contributed by atoms with Gasteiger partial charge in [0.2, 0.25) is 5.92 Å². The molecule has 0 radical (unpaired) electrons. The number of hydrogen-bond acceptors (Lipinski definition) is 6. The first-order chi connectivity index (χ1) is 19.9. The number of ether oxygens (including phenoxy) is 2. The van der Waals surface area contributed by atoms with E-state index in [1.165, 1.54) is 0 Å². The average Bonchev–Trinajstić information content (AvgIpc) is 3.50. The summed E-state index contributed by atoms with van der Waals surface area (Å²) in [5.74, 6) is -0.706. The summed E-state index contributed by atoms with van der Waals surface area (Å²) in [5.41, 5.74) is 4.22. The van der Waals surface area contributed by atoms with E-state index in [0.717, 1.165) is 35.1 Å². The molecule has 12 heteroatoms. The Labute approximate surface area is 248 Å². The van der Waals surface area contributed by atoms with Crippen molar-refractivity contribution in [3.05, 3.63) is 59.8 Å². The van der Waals surface area contributed by atoms with Crippen LogP contribution in [-0.2, 0) is 18.0 Å². The molecule has 8 nitrogen and oxygen atoms in total. The number of fused-ring (bicyclic) bond motifs is 2. The number of imidazole rings is 1. The number of benzene rings is 2. The fourth-order valence-electron chi connectivity index (χ4n) is 5.14. The van der Waals surface area contributed by atoms with Gasteiger partial charge in [0.1, 0.15) is 34.6 Å². The molecule has 1 aliphatic rings. The molecule has 1 saturated carbocycles. The van der Waals surface area contributed by atoms with Crippen molar-refractivity contribution in [3.63, 3.8) is 0 Å². The van der Waals surface area contributed by atoms with Crippen LogP contribution >= 0.6 is 11.6 Å². The molecule has 0 aliphatic heterocycles. The van der Waals surface area contributed by atoms with Crippen molar-refractivity contribution in [2.24, 2.45) is 5.92 Å². The van der Waals surface area contributed by atoms with Crippen LogP contribution in [0, 0.1) is 12.8 Å². The van der Waals surface area contributed by atoms with Gasteiger partial charge < -0.3 is 14.0 Å². The van der Waals surface area contributed by atoms with Crippen LogP contribution in [0.3, 0.4) is 0 Å². The normalized spacial score (nSPS) is 15.4. The third kappa shape index (κ3) is 6.18. The first-order valence-electron chi connectivity index (χ1n) is 14.0. The maximum atomic E-state index is 13.2. The Kier molecular flexibility index (Phi) is 7.53. The smallest absolute Gasteiger partial charge is 0.248 e. The first kappa shape index (κ1) is 28.7. The molecular weight excluding hydrogens is 578 g/mol. The lowest BCUT2D eigenvalue weighted by Crippen LogP contribution is -2.37. The molecule has 0 amide bonds. The van der Waals surface area contributed by atoms with Crippen LogP contribution in [0.5, 0.6) is 11.5 Å². The second kappa shape index (κ2) is 11.0. The van der Waals surface area contributed by atoms with Crippen LogP contribution in [0.4, 0.5) is 8.78 Å². The van der Waals surface area contributed by atoms with Gasteiger partial charge in [-0.15, -0.1) is 0 Å². The highest BCUT2D eigenvalue weighted by atomic mass is 35.5. The van der Waals surface area contributed by atoms with Gasteiger partial charge in [0.25, 0.3) is 0 Å². The van der Waals surface area contributed by atoms with Crippen LogP contribution in [-0.4, -0.2) is 49.9 Å². The van der Waals surface area contributed by atoms with Gasteiger partial charge in [-0.25, -0.2) is 18.7 Å². The number of halogens is 3. The van der Waals surface area contributed by atoms with Crippen LogP contribution in [0.15, 0.2) is 48.9 Å². The van der Waals surface area contributed by atoms with Crippen LogP contribution in [0.2, 0.25) is 30.7 Å². The van der Waals surface area contributed by atoms with E-state index in [1.807, 2.05) is 31.2 Å². The minimum absolute atomic E-state index is 0.0744. The lowest BCUT2D eigenvalue weighted by Gasteiger charge is -2.34. The third-order valence-electron chi connectivity index (χ3n) is 7.52. The van der Waals surface area contributed by atoms with Crippen molar-refractivity contribution in [2.75, 3.05) is 6.61 Å². The number of hydrogen-bond donors (Lipinski definition) is 0. The number of nitrogens with zero attached hydrogens (tertiary/aromatic N) is 6. The summed E-state index contributed by atoms with van der Waals surface area (Å²) >= 11 is 6.78. The van der Waals surface area contributed by atoms with E-state index in [1.54, 1.807) is 29.3 Å². The molecule has 0 bridgehead atoms. The van der Waals surface area contributed by atoms with Gasteiger partial charge in [0.15, 0.2) is 0 Å². The molecule has 0 unspecified atom stereocenters. The molecule has 0 atom stereocenters. The highest BCUT2D eigenvalue weighted by molar-refractivity contribution is 6.76. The monoisotopic (exact) mass is 610 g/mol. The van der Waals surface area contributed by atoms with Gasteiger partial charge in [-0.05, 0) is 43.2 Å². The van der Waals surface area contributed by atoms with E-state index in [-0.39, 0.29) is 18.8 Å². The molecule has 42 heavy (non-hydrogen) atoms. The van der Waals surface area contributed by atoms with Crippen LogP contribution in [0.1, 0.15) is 18.7 Å². The van der Waals surface area contributed by atoms with Gasteiger partial charge in [0, 0.05) is 51.9 Å². The number of aryl methyl sites for hydroxylation is 1. The second-order valence-electron chi connectivity index (χ2n) is 12.3. The van der Waals surface area contributed by atoms with Gasteiger partial charge in [0.05, 0.1) is 34.6 Å². The molecule has 0 saturated heterocycles. The number of rotatable bonds is 10. The van der Waals surface area contributed by atoms with E-state index in [9.17, 15) is 8.78 Å². The Bertz CT molecular complexity index is 1760. The molecule has 3 aromatic heterocycles. The zero-order valence-corrected chi connectivity index (χ0v) is 25.8. The van der Waals surface area contributed by atoms with E-state index >= 15 is 0 Å². The Morgan fingerprint density at radius 2 is 1.88 bits per heavy atom. The lowest BCUT2D eigenvalue weighted by molar-refractivity contribution is -0.114. The maximum absolute atomic E-state index is 13.2. The first-order valence-corrected chi connectivity index (χ1v) is 18.1. The molecule has 1 aliphatic carbocycles. The van der Waals surface area contributed by atoms with E-state index < -0.39 is 14.0 Å². The SMILES string of the molecule is Cc1nc2cc(Oc3ccc4ncc(-c5cnn(CC6CC(F)(F)C6)c5)nc4c3Cl)ccc2n1COCC[Si](C)(C)C. The Morgan fingerprint density at radius 1 is 1.07 bits per heavy atom. The van der Waals surface area contributed by atoms with Crippen LogP contribution in [0.25, 0.3) is 33.3 Å². The second-order valence-corrected chi connectivity index (χ2v) is 18.3. The average molecular weight is 611 g/mol. The summed E-state index contributed by atoms with van der Waals surface area (Å²) in [7, 11) is -1.15. The largest absolute Gasteiger partial charge is 0.456 e. The third-order valence-corrected chi connectivity index (χ3v) is 9.59. The van der Waals surface area contributed by atoms with Crippen molar-refractivity contribution in [2.45, 2.75) is 64.6 Å². The summed E-state index contributed by atoms with van der Waals surface area (Å²) < 4.78 is 42.3. The highest BCUT2D eigenvalue weighted by Gasteiger charge is 2.45. The standard InChI is InChI=1S/C30H33ClF2N6O2Si/c1-19-36-24-11-22(5-7-26(24)39(19)18-40-9-10-42(2,3)4)41-27-8-6-23-29(28(27)31)37-25(15-34-23)21-14-35-38(17-21)16-20-12-30(32,33)13-20/h5-8,11,14-15,17,20H,9-10,12-13,16,18H2,1-4H3. The number of alkyl halides is 2. The fraction of sp³-hybridized carbons (Fsp3) is 0.400. The Balaban J connectivity index is 1.18. The molecule has 0 spiro atoms. The molecule has 3 heterocycles. The molecule has 220 valence electrons. The van der Waals surface area contributed by atoms with Crippen LogP contribution < -0.4 is 4.74 Å².